The lowest BCUT2D eigenvalue weighted by Gasteiger charge is -2.49. The number of benzene rings is 2. The Kier molecular flexibility index (Phi) is 9.11. The van der Waals surface area contributed by atoms with Gasteiger partial charge in [0.2, 0.25) is 5.91 Å². The number of β-lactam (4-membered cyclic amide) rings is 1. The number of carboxylic acid groups (broad SMARTS) is 1. The molecular weight excluding hydrogens is 574 g/mol. The third-order valence-corrected chi connectivity index (χ3v) is 8.18. The van der Waals surface area contributed by atoms with Gasteiger partial charge in [-0.2, -0.15) is 0 Å². The number of phenols is 1. The maximum atomic E-state index is 13.0. The van der Waals surface area contributed by atoms with E-state index in [1.54, 1.807) is 72.2 Å². The molecule has 0 unspecified atom stereocenters. The predicted molar refractivity (Wildman–Crippen MR) is 156 cm³/mol. The minimum absolute atomic E-state index is 0.118. The van der Waals surface area contributed by atoms with E-state index in [0.29, 0.717) is 36.4 Å². The fraction of sp³-hybridized carbons (Fsp3) is 0.233. The van der Waals surface area contributed by atoms with E-state index in [1.807, 2.05) is 12.1 Å². The maximum Gasteiger partial charge on any atom is 0.352 e. The molecule has 0 aliphatic carbocycles. The summed E-state index contributed by atoms with van der Waals surface area (Å²) in [7, 11) is 0. The number of likely N-dealkylation sites (tertiary alicyclic amines) is 1. The summed E-state index contributed by atoms with van der Waals surface area (Å²) in [5.74, 6) is -1.58. The summed E-state index contributed by atoms with van der Waals surface area (Å²) < 4.78 is 5.42. The van der Waals surface area contributed by atoms with Gasteiger partial charge in [0.25, 0.3) is 11.8 Å². The van der Waals surface area contributed by atoms with Gasteiger partial charge >= 0.3 is 5.97 Å². The van der Waals surface area contributed by atoms with Crippen molar-refractivity contribution >= 4 is 35.5 Å². The first-order valence-corrected chi connectivity index (χ1v) is 14.5. The van der Waals surface area contributed by atoms with Crippen molar-refractivity contribution in [2.75, 3.05) is 18.9 Å². The summed E-state index contributed by atoms with van der Waals surface area (Å²) in [4.78, 5) is 59.6. The molecule has 4 heterocycles. The molecule has 2 atom stereocenters. The van der Waals surface area contributed by atoms with Crippen LogP contribution in [0.15, 0.2) is 96.2 Å². The number of aromatic hydroxyl groups is 1. The Morgan fingerprint density at radius 1 is 1.16 bits per heavy atom. The van der Waals surface area contributed by atoms with Crippen LogP contribution >= 0.6 is 11.8 Å². The second-order valence-corrected chi connectivity index (χ2v) is 10.9. The number of nitrogens with one attached hydrogen (secondary N) is 2. The third kappa shape index (κ3) is 6.89. The number of aromatic nitrogens is 2. The number of H-pyrrole nitrogens is 1. The van der Waals surface area contributed by atoms with Crippen LogP contribution in [0.5, 0.6) is 11.5 Å². The van der Waals surface area contributed by atoms with E-state index in [9.17, 15) is 29.4 Å². The van der Waals surface area contributed by atoms with Crippen LogP contribution in [0, 0.1) is 0 Å². The monoisotopic (exact) mass is 603 g/mol. The van der Waals surface area contributed by atoms with Crippen LogP contribution in [0.25, 0.3) is 0 Å². The lowest BCUT2D eigenvalue weighted by Crippen LogP contribution is -2.70. The molecule has 12 nitrogen and oxygen atoms in total. The summed E-state index contributed by atoms with van der Waals surface area (Å²) in [6, 6.07) is 14.6. The van der Waals surface area contributed by atoms with Crippen molar-refractivity contribution in [2.45, 2.75) is 24.4 Å². The van der Waals surface area contributed by atoms with E-state index in [0.717, 1.165) is 5.56 Å². The number of thioether (sulfide) groups is 1. The zero-order valence-electron chi connectivity index (χ0n) is 22.9. The van der Waals surface area contributed by atoms with Crippen molar-refractivity contribution in [2.24, 2.45) is 0 Å². The number of carboxylic acids is 1. The molecule has 3 aliphatic heterocycles. The van der Waals surface area contributed by atoms with Crippen LogP contribution in [0.3, 0.4) is 0 Å². The largest absolute Gasteiger partial charge is 0.508 e. The van der Waals surface area contributed by atoms with Crippen molar-refractivity contribution in [1.29, 1.82) is 0 Å². The van der Waals surface area contributed by atoms with E-state index in [-0.39, 0.29) is 29.7 Å². The number of carbonyl (C=O) groups excluding carboxylic acids is 3. The first kappa shape index (κ1) is 29.5. The number of hydrogen-bond donors (Lipinski definition) is 4. The molecule has 0 radical (unpaired) electrons. The highest BCUT2D eigenvalue weighted by molar-refractivity contribution is 8.00. The zero-order chi connectivity index (χ0) is 30.3. The number of aromatic amines is 1. The van der Waals surface area contributed by atoms with E-state index >= 15 is 0 Å². The second kappa shape index (κ2) is 13.3. The van der Waals surface area contributed by atoms with E-state index < -0.39 is 29.2 Å². The summed E-state index contributed by atoms with van der Waals surface area (Å²) >= 11 is 1.33. The van der Waals surface area contributed by atoms with Gasteiger partial charge in [-0.15, -0.1) is 11.8 Å². The van der Waals surface area contributed by atoms with Crippen LogP contribution in [0.4, 0.5) is 0 Å². The normalized spacial score (nSPS) is 20.2. The molecule has 4 N–H and O–H groups in total. The molecule has 0 bridgehead atoms. The number of nitrogens with zero attached hydrogens (tertiary/aromatic N) is 3. The quantitative estimate of drug-likeness (QED) is 0.223. The molecule has 1 aromatic heterocycles. The van der Waals surface area contributed by atoms with Gasteiger partial charge in [-0.3, -0.25) is 19.3 Å². The average Bonchev–Trinajstić information content (AvgIpc) is 3.70. The molecule has 3 aromatic rings. The number of imidazole rings is 1. The number of aliphatic carboxylic acids is 1. The van der Waals surface area contributed by atoms with Crippen molar-refractivity contribution in [1.82, 2.24) is 25.1 Å². The topological polar surface area (TPSA) is 165 Å². The molecule has 2 saturated heterocycles. The van der Waals surface area contributed by atoms with Gasteiger partial charge < -0.3 is 30.2 Å². The predicted octanol–water partition coefficient (Wildman–Crippen LogP) is 2.28. The number of amides is 3. The Balaban J connectivity index is 0.000000668. The van der Waals surface area contributed by atoms with E-state index in [4.69, 9.17) is 4.74 Å². The first-order chi connectivity index (χ1) is 20.8. The number of rotatable bonds is 8. The molecule has 0 saturated carbocycles. The Hall–Kier alpha value is -5.04. The van der Waals surface area contributed by atoms with Crippen LogP contribution in [-0.2, 0) is 25.7 Å². The van der Waals surface area contributed by atoms with Gasteiger partial charge in [0, 0.05) is 36.8 Å². The van der Waals surface area contributed by atoms with Crippen molar-refractivity contribution < 1.29 is 34.1 Å². The summed E-state index contributed by atoms with van der Waals surface area (Å²) in [5.41, 5.74) is 1.46. The molecule has 3 aliphatic rings. The molecule has 13 heteroatoms. The highest BCUT2D eigenvalue weighted by Gasteiger charge is 2.54. The Morgan fingerprint density at radius 2 is 1.98 bits per heavy atom. The van der Waals surface area contributed by atoms with Gasteiger partial charge in [-0.1, -0.05) is 30.3 Å². The minimum atomic E-state index is -1.27. The molecule has 0 spiro atoms. The highest BCUT2D eigenvalue weighted by atomic mass is 32.2. The van der Waals surface area contributed by atoms with Gasteiger partial charge in [0.05, 0.1) is 6.33 Å². The molecule has 222 valence electrons. The Labute approximate surface area is 251 Å². The third-order valence-electron chi connectivity index (χ3n) is 6.88. The Morgan fingerprint density at radius 3 is 2.65 bits per heavy atom. The molecule has 3 amide bonds. The second-order valence-electron chi connectivity index (χ2n) is 9.81. The van der Waals surface area contributed by atoms with Crippen LogP contribution < -0.4 is 10.1 Å². The molecule has 43 heavy (non-hydrogen) atoms. The van der Waals surface area contributed by atoms with E-state index in [2.05, 4.69) is 15.3 Å². The van der Waals surface area contributed by atoms with Crippen LogP contribution in [-0.4, -0.2) is 84.0 Å². The van der Waals surface area contributed by atoms with Crippen LogP contribution in [0.1, 0.15) is 12.0 Å². The Bertz CT molecular complexity index is 1540. The van der Waals surface area contributed by atoms with Crippen molar-refractivity contribution in [3.8, 4) is 11.5 Å². The average molecular weight is 604 g/mol. The van der Waals surface area contributed by atoms with Crippen LogP contribution in [0.2, 0.25) is 0 Å². The lowest BCUT2D eigenvalue weighted by molar-refractivity contribution is -0.150. The highest BCUT2D eigenvalue weighted by Crippen LogP contribution is 2.41. The molecule has 2 aromatic carbocycles. The van der Waals surface area contributed by atoms with Gasteiger partial charge in [0.1, 0.15) is 28.6 Å². The maximum absolute atomic E-state index is 13.0. The summed E-state index contributed by atoms with van der Waals surface area (Å²) in [6.45, 7) is 0.519. The summed E-state index contributed by atoms with van der Waals surface area (Å²) in [5, 5.41) is 21.7. The van der Waals surface area contributed by atoms with E-state index in [1.165, 1.54) is 16.7 Å². The standard InChI is InChI=1S/C27H25N3O7S.C3H4N2/c31-19-6-4-5-16(11-19)13-29-10-9-17(24(29)33)12-18-15-38-26-22(25(34)30(26)23(18)27(35)36)28-21(32)14-37-20-7-2-1-3-8-20;1-2-5-3-4-1/h1-8,11-12,22,26,31H,9-10,13-15H2,(H,28,32)(H,35,36);1-3H,(H,4,5)/b17-12+;/t22-,26-;/m1./s1. The smallest absolute Gasteiger partial charge is 0.352 e. The number of phenolic OH excluding ortho intramolecular Hbond substituents is 1. The molecule has 2 fully saturated rings. The number of fused-ring (bicyclic) bond motifs is 1. The fourth-order valence-corrected chi connectivity index (χ4v) is 6.19. The number of allylic oxidation sites excluding steroid dienone is 1. The molecule has 6 rings (SSSR count). The van der Waals surface area contributed by atoms with Crippen molar-refractivity contribution in [3.63, 3.8) is 0 Å². The molecular formula is C30H29N5O7S. The van der Waals surface area contributed by atoms with Gasteiger partial charge in [-0.25, -0.2) is 9.78 Å². The lowest BCUT2D eigenvalue weighted by atomic mass is 10.0. The zero-order valence-corrected chi connectivity index (χ0v) is 23.7. The summed E-state index contributed by atoms with van der Waals surface area (Å²) in [6.07, 6.45) is 7.10. The number of hydrogen-bond acceptors (Lipinski definition) is 8. The van der Waals surface area contributed by atoms with Crippen molar-refractivity contribution in [3.05, 3.63) is 102 Å². The minimum Gasteiger partial charge on any atom is -0.508 e. The number of para-hydroxylation sites is 1. The SMILES string of the molecule is O=C(COc1ccccc1)N[C@@H]1C(=O)N2C(C(=O)O)=C(/C=C3\CCN(Cc4cccc(O)c4)C3=O)CS[C@H]12.c1c[nH]cn1. The van der Waals surface area contributed by atoms with Gasteiger partial charge in [-0.05, 0) is 47.9 Å². The number of ether oxygens (including phenoxy) is 1. The first-order valence-electron chi connectivity index (χ1n) is 13.4. The fourth-order valence-electron chi connectivity index (χ4n) is 4.89. The number of carbonyl (C=O) groups is 4. The van der Waals surface area contributed by atoms with Gasteiger partial charge in [0.15, 0.2) is 6.61 Å².